The molecule has 0 saturated carbocycles. The standard InChI is InChI=1S/C33H40N4O6S/c1-18-19(2)44-32-29(18)30(34-25(15-27(39)41-7)31-36-35-20(3)37(31)32)22-10-8-21(9-11-22)23-12-13-26(24(14-23)16-38)42-17-28(40)43-33(4,5)6/h8,10,12-14,25,27,38-39H,9,11,15-17H2,1-7H3/t25-,27?/m0/s1. The number of carbonyl (C=O) groups excluding carboxylic acids is 1. The number of rotatable bonds is 9. The second kappa shape index (κ2) is 12.8. The number of allylic oxidation sites excluding steroid dienone is 4. The molecule has 234 valence electrons. The fourth-order valence-electron chi connectivity index (χ4n) is 5.48. The summed E-state index contributed by atoms with van der Waals surface area (Å²) in [6.45, 7) is 11.1. The third-order valence-electron chi connectivity index (χ3n) is 7.76. The molecule has 0 spiro atoms. The van der Waals surface area contributed by atoms with Gasteiger partial charge in [-0.3, -0.25) is 9.56 Å². The molecule has 2 atom stereocenters. The van der Waals surface area contributed by atoms with Crippen molar-refractivity contribution in [3.05, 3.63) is 74.7 Å². The second-order valence-corrected chi connectivity index (χ2v) is 13.3. The van der Waals surface area contributed by atoms with Crippen LogP contribution in [-0.2, 0) is 20.9 Å². The van der Waals surface area contributed by atoms with Gasteiger partial charge in [0.1, 0.15) is 28.2 Å². The molecule has 3 heterocycles. The highest BCUT2D eigenvalue weighted by Crippen LogP contribution is 2.41. The number of hydrogen-bond acceptors (Lipinski definition) is 10. The van der Waals surface area contributed by atoms with Crippen LogP contribution in [-0.4, -0.2) is 62.3 Å². The molecule has 44 heavy (non-hydrogen) atoms. The van der Waals surface area contributed by atoms with Crippen molar-refractivity contribution < 1.29 is 29.2 Å². The van der Waals surface area contributed by atoms with Gasteiger partial charge in [-0.15, -0.1) is 21.5 Å². The van der Waals surface area contributed by atoms with E-state index in [0.29, 0.717) is 17.1 Å². The predicted octanol–water partition coefficient (Wildman–Crippen LogP) is 5.47. The topological polar surface area (TPSA) is 128 Å². The van der Waals surface area contributed by atoms with Crippen molar-refractivity contribution in [2.24, 2.45) is 4.99 Å². The highest BCUT2D eigenvalue weighted by molar-refractivity contribution is 7.15. The van der Waals surface area contributed by atoms with Crippen LogP contribution >= 0.6 is 11.3 Å². The van der Waals surface area contributed by atoms with Gasteiger partial charge in [0.15, 0.2) is 18.7 Å². The third-order valence-corrected chi connectivity index (χ3v) is 8.95. The fraction of sp³-hybridized carbons (Fsp3) is 0.455. The first-order chi connectivity index (χ1) is 20.9. The molecule has 11 heteroatoms. The summed E-state index contributed by atoms with van der Waals surface area (Å²) in [5.41, 5.74) is 6.34. The number of aliphatic hydroxyl groups excluding tert-OH is 2. The molecule has 0 fully saturated rings. The number of aromatic nitrogens is 3. The van der Waals surface area contributed by atoms with Gasteiger partial charge in [0.25, 0.3) is 0 Å². The number of esters is 1. The Morgan fingerprint density at radius 1 is 1.14 bits per heavy atom. The molecule has 0 bridgehead atoms. The number of carbonyl (C=O) groups is 1. The Balaban J connectivity index is 1.46. The molecule has 1 aliphatic heterocycles. The Hall–Kier alpha value is -3.64. The minimum absolute atomic E-state index is 0.222. The van der Waals surface area contributed by atoms with E-state index in [1.54, 1.807) is 38.2 Å². The molecule has 10 nitrogen and oxygen atoms in total. The smallest absolute Gasteiger partial charge is 0.344 e. The lowest BCUT2D eigenvalue weighted by Gasteiger charge is -2.21. The van der Waals surface area contributed by atoms with E-state index in [1.165, 1.54) is 17.6 Å². The summed E-state index contributed by atoms with van der Waals surface area (Å²) in [6.07, 6.45) is 5.00. The van der Waals surface area contributed by atoms with E-state index >= 15 is 0 Å². The van der Waals surface area contributed by atoms with E-state index < -0.39 is 23.9 Å². The molecule has 1 aromatic carbocycles. The predicted molar refractivity (Wildman–Crippen MR) is 169 cm³/mol. The average Bonchev–Trinajstić information content (AvgIpc) is 3.46. The van der Waals surface area contributed by atoms with Gasteiger partial charge < -0.3 is 24.4 Å². The molecular weight excluding hydrogens is 580 g/mol. The maximum absolute atomic E-state index is 12.1. The van der Waals surface area contributed by atoms with Crippen LogP contribution in [0.15, 0.2) is 40.9 Å². The number of fused-ring (bicyclic) bond motifs is 3. The Kier molecular flexibility index (Phi) is 9.22. The Labute approximate surface area is 261 Å². The van der Waals surface area contributed by atoms with Crippen molar-refractivity contribution in [3.8, 4) is 10.8 Å². The molecule has 3 aromatic rings. The number of benzene rings is 1. The summed E-state index contributed by atoms with van der Waals surface area (Å²) < 4.78 is 18.3. The molecule has 1 aliphatic carbocycles. The van der Waals surface area contributed by atoms with E-state index in [9.17, 15) is 15.0 Å². The molecule has 2 aromatic heterocycles. The van der Waals surface area contributed by atoms with Gasteiger partial charge in [-0.05, 0) is 88.8 Å². The van der Waals surface area contributed by atoms with Crippen LogP contribution in [0.3, 0.4) is 0 Å². The highest BCUT2D eigenvalue weighted by atomic mass is 32.1. The number of aliphatic hydroxyl groups is 2. The van der Waals surface area contributed by atoms with Crippen LogP contribution in [0.5, 0.6) is 5.75 Å². The third kappa shape index (κ3) is 6.56. The summed E-state index contributed by atoms with van der Waals surface area (Å²) in [4.78, 5) is 18.6. The Morgan fingerprint density at radius 2 is 1.86 bits per heavy atom. The van der Waals surface area contributed by atoms with Gasteiger partial charge in [0.2, 0.25) is 0 Å². The summed E-state index contributed by atoms with van der Waals surface area (Å²) in [6, 6.07) is 5.19. The van der Waals surface area contributed by atoms with Gasteiger partial charge in [0.05, 0.1) is 12.3 Å². The van der Waals surface area contributed by atoms with Crippen LogP contribution in [0.2, 0.25) is 0 Å². The molecule has 1 unspecified atom stereocenters. The van der Waals surface area contributed by atoms with E-state index in [1.807, 2.05) is 19.1 Å². The molecular formula is C33H40N4O6S. The normalized spacial score (nSPS) is 17.1. The molecule has 0 saturated heterocycles. The number of thiophene rings is 1. The lowest BCUT2D eigenvalue weighted by Crippen LogP contribution is -2.27. The summed E-state index contributed by atoms with van der Waals surface area (Å²) in [5.74, 6) is 1.45. The largest absolute Gasteiger partial charge is 0.482 e. The summed E-state index contributed by atoms with van der Waals surface area (Å²) in [5, 5.41) is 30.3. The monoisotopic (exact) mass is 620 g/mol. The van der Waals surface area contributed by atoms with Crippen LogP contribution in [0.1, 0.15) is 84.9 Å². The van der Waals surface area contributed by atoms with E-state index in [-0.39, 0.29) is 19.6 Å². The quantitative estimate of drug-likeness (QED) is 0.238. The highest BCUT2D eigenvalue weighted by Gasteiger charge is 2.33. The lowest BCUT2D eigenvalue weighted by molar-refractivity contribution is -0.157. The van der Waals surface area contributed by atoms with E-state index in [0.717, 1.165) is 51.7 Å². The number of hydrogen-bond donors (Lipinski definition) is 2. The molecule has 2 aliphatic rings. The Morgan fingerprint density at radius 3 is 2.52 bits per heavy atom. The average molecular weight is 621 g/mol. The first kappa shape index (κ1) is 31.8. The van der Waals surface area contributed by atoms with Gasteiger partial charge in [-0.25, -0.2) is 4.79 Å². The van der Waals surface area contributed by atoms with Gasteiger partial charge in [0, 0.05) is 29.5 Å². The maximum Gasteiger partial charge on any atom is 0.344 e. The summed E-state index contributed by atoms with van der Waals surface area (Å²) >= 11 is 1.70. The van der Waals surface area contributed by atoms with Crippen LogP contribution in [0.25, 0.3) is 10.6 Å². The number of aryl methyl sites for hydroxylation is 2. The zero-order valence-corrected chi connectivity index (χ0v) is 27.1. The minimum Gasteiger partial charge on any atom is -0.482 e. The van der Waals surface area contributed by atoms with Crippen molar-refractivity contribution in [2.45, 2.75) is 85.3 Å². The van der Waals surface area contributed by atoms with Gasteiger partial charge in [-0.2, -0.15) is 0 Å². The van der Waals surface area contributed by atoms with Crippen LogP contribution in [0, 0.1) is 20.8 Å². The SMILES string of the molecule is COC(O)C[C@@H]1N=C(C2=CC=C(c3ccc(OCC(=O)OC(C)(C)C)c(CO)c3)CC2)c2c(sc(C)c2C)-n2c(C)nnc21. The van der Waals surface area contributed by atoms with Crippen molar-refractivity contribution >= 4 is 28.6 Å². The number of nitrogens with zero attached hydrogens (tertiary/aromatic N) is 4. The first-order valence-corrected chi connectivity index (χ1v) is 15.5. The van der Waals surface area contributed by atoms with Crippen molar-refractivity contribution in [3.63, 3.8) is 0 Å². The number of aliphatic imine (C=N–C) groups is 1. The maximum atomic E-state index is 12.1. The van der Waals surface area contributed by atoms with Crippen LogP contribution < -0.4 is 4.74 Å². The molecule has 0 radical (unpaired) electrons. The van der Waals surface area contributed by atoms with Gasteiger partial charge in [-0.1, -0.05) is 18.2 Å². The fourth-order valence-corrected chi connectivity index (χ4v) is 6.70. The van der Waals surface area contributed by atoms with Crippen molar-refractivity contribution in [1.82, 2.24) is 14.8 Å². The van der Waals surface area contributed by atoms with Crippen molar-refractivity contribution in [1.29, 1.82) is 0 Å². The zero-order valence-electron chi connectivity index (χ0n) is 26.3. The minimum atomic E-state index is -0.988. The van der Waals surface area contributed by atoms with Crippen molar-refractivity contribution in [2.75, 3.05) is 13.7 Å². The second-order valence-electron chi connectivity index (χ2n) is 12.1. The molecule has 5 rings (SSSR count). The van der Waals surface area contributed by atoms with E-state index in [4.69, 9.17) is 19.2 Å². The number of ether oxygens (including phenoxy) is 3. The van der Waals surface area contributed by atoms with Gasteiger partial charge >= 0.3 is 5.97 Å². The first-order valence-electron chi connectivity index (χ1n) is 14.7. The lowest BCUT2D eigenvalue weighted by atomic mass is 9.88. The number of methoxy groups -OCH3 is 1. The van der Waals surface area contributed by atoms with Crippen LogP contribution in [0.4, 0.5) is 0 Å². The molecule has 0 amide bonds. The van der Waals surface area contributed by atoms with E-state index in [2.05, 4.69) is 40.8 Å². The molecule has 2 N–H and O–H groups in total. The Bertz CT molecular complexity index is 1660. The zero-order chi connectivity index (χ0) is 31.8. The summed E-state index contributed by atoms with van der Waals surface area (Å²) in [7, 11) is 1.48.